The third-order valence-electron chi connectivity index (χ3n) is 5.04. The second kappa shape index (κ2) is 12.3. The zero-order valence-electron chi connectivity index (χ0n) is 21.8. The van der Waals surface area contributed by atoms with Gasteiger partial charge in [0.15, 0.2) is 6.29 Å². The van der Waals surface area contributed by atoms with E-state index in [0.29, 0.717) is 17.6 Å². The Kier molecular flexibility index (Phi) is 9.73. The minimum absolute atomic E-state index is 0.153. The molecule has 10 nitrogen and oxygen atoms in total. The summed E-state index contributed by atoms with van der Waals surface area (Å²) in [5, 5.41) is 2.83. The number of sulfonamides is 1. The average Bonchev–Trinajstić information content (AvgIpc) is 2.82. The molecule has 2 rings (SSSR count). The third kappa shape index (κ3) is 9.19. The van der Waals surface area contributed by atoms with Crippen LogP contribution in [0.4, 0.5) is 0 Å². The molecule has 0 bridgehead atoms. The molecule has 1 aromatic carbocycles. The molecule has 0 saturated heterocycles. The van der Waals surface area contributed by atoms with Crippen LogP contribution in [0.2, 0.25) is 0 Å². The molecule has 2 aromatic rings. The lowest BCUT2D eigenvalue weighted by atomic mass is 9.85. The Bertz CT molecular complexity index is 1340. The van der Waals surface area contributed by atoms with Gasteiger partial charge in [0.2, 0.25) is 15.9 Å². The van der Waals surface area contributed by atoms with Crippen molar-refractivity contribution in [2.75, 3.05) is 19.9 Å². The van der Waals surface area contributed by atoms with E-state index < -0.39 is 10.0 Å². The van der Waals surface area contributed by atoms with Gasteiger partial charge in [-0.15, -0.1) is 0 Å². The summed E-state index contributed by atoms with van der Waals surface area (Å²) >= 11 is 0. The Hall–Kier alpha value is -3.99. The zero-order valence-corrected chi connectivity index (χ0v) is 22.6. The van der Waals surface area contributed by atoms with Crippen LogP contribution < -0.4 is 14.8 Å². The molecule has 198 valence electrons. The highest BCUT2D eigenvalue weighted by atomic mass is 32.2. The van der Waals surface area contributed by atoms with E-state index in [-0.39, 0.29) is 40.9 Å². The van der Waals surface area contributed by atoms with Crippen molar-refractivity contribution >= 4 is 22.2 Å². The smallest absolute Gasteiger partial charge is 0.251 e. The van der Waals surface area contributed by atoms with Gasteiger partial charge in [-0.1, -0.05) is 39.5 Å². The highest BCUT2D eigenvalue weighted by Crippen LogP contribution is 2.28. The van der Waals surface area contributed by atoms with Crippen molar-refractivity contribution in [1.29, 1.82) is 0 Å². The second-order valence-corrected chi connectivity index (χ2v) is 10.9. The molecule has 0 aliphatic heterocycles. The number of benzene rings is 1. The first-order valence-corrected chi connectivity index (χ1v) is 13.1. The van der Waals surface area contributed by atoms with Crippen molar-refractivity contribution in [3.05, 3.63) is 83.2 Å². The highest BCUT2D eigenvalue weighted by Gasteiger charge is 2.19. The Morgan fingerprint density at radius 2 is 1.89 bits per heavy atom. The number of allylic oxidation sites excluding steroid dienone is 2. The normalized spacial score (nSPS) is 12.5. The van der Waals surface area contributed by atoms with Gasteiger partial charge in [-0.3, -0.25) is 14.3 Å². The molecule has 1 amide bonds. The number of amides is 1. The first-order chi connectivity index (χ1) is 17.2. The van der Waals surface area contributed by atoms with Gasteiger partial charge >= 0.3 is 0 Å². The molecule has 0 spiro atoms. The maximum absolute atomic E-state index is 12.8. The molecule has 0 radical (unpaired) electrons. The van der Waals surface area contributed by atoms with Gasteiger partial charge in [0.1, 0.15) is 23.5 Å². The van der Waals surface area contributed by atoms with E-state index in [2.05, 4.69) is 26.6 Å². The monoisotopic (exact) mass is 528 g/mol. The highest BCUT2D eigenvalue weighted by molar-refractivity contribution is 7.88. The van der Waals surface area contributed by atoms with E-state index in [1.54, 1.807) is 30.4 Å². The van der Waals surface area contributed by atoms with Crippen LogP contribution in [0.3, 0.4) is 0 Å². The number of aldehydes is 1. The number of hydrogen-bond donors (Lipinski definition) is 2. The van der Waals surface area contributed by atoms with E-state index in [1.807, 2.05) is 27.7 Å². The average molecular weight is 529 g/mol. The molecule has 0 aliphatic rings. The SMILES string of the molecule is C=C(OC)/C(=C\C(=C/CNC(=O)c1ccc(C)c(Oc2cc(C=O)ncn2)c1)C(C)(C)C)NS(C)(=O)=O. The van der Waals surface area contributed by atoms with Crippen LogP contribution >= 0.6 is 0 Å². The molecule has 37 heavy (non-hydrogen) atoms. The van der Waals surface area contributed by atoms with Gasteiger partial charge in [-0.05, 0) is 41.7 Å². The fourth-order valence-corrected chi connectivity index (χ4v) is 3.58. The predicted octanol–water partition coefficient (Wildman–Crippen LogP) is 3.69. The van der Waals surface area contributed by atoms with Crippen molar-refractivity contribution in [3.8, 4) is 11.6 Å². The van der Waals surface area contributed by atoms with E-state index in [0.717, 1.165) is 17.4 Å². The van der Waals surface area contributed by atoms with Crippen LogP contribution in [0.1, 0.15) is 47.2 Å². The standard InChI is InChI=1S/C26H32N4O6S/c1-17-8-9-19(12-23(17)36-24-14-21(15-31)28-16-29-24)25(32)27-11-10-20(26(3,4)5)13-22(18(2)35-6)30-37(7,33)34/h8-10,12-16,30H,2,11H2,1,3-7H3,(H,27,32)/b20-10+,22-13+. The lowest BCUT2D eigenvalue weighted by Gasteiger charge is -2.22. The summed E-state index contributed by atoms with van der Waals surface area (Å²) in [5.74, 6) is 0.399. The predicted molar refractivity (Wildman–Crippen MR) is 141 cm³/mol. The third-order valence-corrected chi connectivity index (χ3v) is 5.63. The number of methoxy groups -OCH3 is 1. The van der Waals surface area contributed by atoms with Gasteiger partial charge in [0, 0.05) is 18.2 Å². The lowest BCUT2D eigenvalue weighted by Crippen LogP contribution is -2.25. The van der Waals surface area contributed by atoms with E-state index >= 15 is 0 Å². The van der Waals surface area contributed by atoms with Crippen molar-refractivity contribution in [2.45, 2.75) is 27.7 Å². The summed E-state index contributed by atoms with van der Waals surface area (Å²) in [6.45, 7) is 11.6. The molecule has 0 unspecified atom stereocenters. The number of hydrogen-bond acceptors (Lipinski definition) is 8. The van der Waals surface area contributed by atoms with Crippen molar-refractivity contribution in [1.82, 2.24) is 20.0 Å². The summed E-state index contributed by atoms with van der Waals surface area (Å²) in [6.07, 6.45) is 6.27. The number of carbonyl (C=O) groups is 2. The van der Waals surface area contributed by atoms with Gasteiger partial charge in [-0.25, -0.2) is 18.4 Å². The van der Waals surface area contributed by atoms with Gasteiger partial charge in [-0.2, -0.15) is 0 Å². The maximum Gasteiger partial charge on any atom is 0.251 e. The Morgan fingerprint density at radius 1 is 1.19 bits per heavy atom. The summed E-state index contributed by atoms with van der Waals surface area (Å²) in [4.78, 5) is 31.6. The molecule has 1 aromatic heterocycles. The van der Waals surface area contributed by atoms with Crippen LogP contribution in [0.25, 0.3) is 0 Å². The number of carbonyl (C=O) groups excluding carboxylic acids is 2. The van der Waals surface area contributed by atoms with Crippen molar-refractivity contribution in [2.24, 2.45) is 5.41 Å². The Labute approximate surface area is 217 Å². The summed E-state index contributed by atoms with van der Waals surface area (Å²) in [7, 11) is -2.17. The van der Waals surface area contributed by atoms with Crippen LogP contribution in [0.5, 0.6) is 11.6 Å². The summed E-state index contributed by atoms with van der Waals surface area (Å²) in [6, 6.07) is 6.39. The van der Waals surface area contributed by atoms with Crippen LogP contribution in [-0.4, -0.2) is 50.5 Å². The first kappa shape index (κ1) is 29.2. The zero-order chi connectivity index (χ0) is 27.8. The topological polar surface area (TPSA) is 137 Å². The molecule has 0 aliphatic carbocycles. The molecule has 0 fully saturated rings. The molecule has 2 N–H and O–H groups in total. The van der Waals surface area contributed by atoms with Crippen LogP contribution in [0, 0.1) is 12.3 Å². The van der Waals surface area contributed by atoms with Gasteiger partial charge in [0.05, 0.1) is 19.1 Å². The molecule has 11 heteroatoms. The molecule has 1 heterocycles. The lowest BCUT2D eigenvalue weighted by molar-refractivity contribution is 0.0957. The van der Waals surface area contributed by atoms with Gasteiger partial charge in [0.25, 0.3) is 5.91 Å². The molecule has 0 saturated carbocycles. The molecule has 0 atom stereocenters. The first-order valence-electron chi connectivity index (χ1n) is 11.2. The van der Waals surface area contributed by atoms with Gasteiger partial charge < -0.3 is 14.8 Å². The number of aryl methyl sites for hydroxylation is 1. The summed E-state index contributed by atoms with van der Waals surface area (Å²) in [5.41, 5.74) is 1.87. The number of nitrogens with one attached hydrogen (secondary N) is 2. The van der Waals surface area contributed by atoms with Crippen LogP contribution in [0.15, 0.2) is 66.4 Å². The Balaban J connectivity index is 2.24. The maximum atomic E-state index is 12.8. The van der Waals surface area contributed by atoms with Crippen molar-refractivity contribution in [3.63, 3.8) is 0 Å². The second-order valence-electron chi connectivity index (χ2n) is 9.16. The largest absolute Gasteiger partial charge is 0.495 e. The molecular formula is C26H32N4O6S. The van der Waals surface area contributed by atoms with E-state index in [9.17, 15) is 18.0 Å². The Morgan fingerprint density at radius 3 is 2.49 bits per heavy atom. The minimum Gasteiger partial charge on any atom is -0.495 e. The van der Waals surface area contributed by atoms with E-state index in [1.165, 1.54) is 19.5 Å². The minimum atomic E-state index is -3.57. The molecular weight excluding hydrogens is 496 g/mol. The summed E-state index contributed by atoms with van der Waals surface area (Å²) < 4.78 is 36.9. The number of rotatable bonds is 11. The quantitative estimate of drug-likeness (QED) is 0.256. The van der Waals surface area contributed by atoms with Crippen molar-refractivity contribution < 1.29 is 27.5 Å². The fraction of sp³-hybridized carbons (Fsp3) is 0.308. The fourth-order valence-electron chi connectivity index (χ4n) is 3.01. The number of nitrogens with zero attached hydrogens (tertiary/aromatic N) is 2. The van der Waals surface area contributed by atoms with E-state index in [4.69, 9.17) is 9.47 Å². The van der Waals surface area contributed by atoms with Crippen LogP contribution in [-0.2, 0) is 14.8 Å². The number of aromatic nitrogens is 2. The number of ether oxygens (including phenoxy) is 2.